The molecule has 1 amide bonds. The Morgan fingerprint density at radius 2 is 1.93 bits per heavy atom. The number of halogens is 1. The Morgan fingerprint density at radius 3 is 2.63 bits per heavy atom. The second-order valence-corrected chi connectivity index (χ2v) is 7.13. The summed E-state index contributed by atoms with van der Waals surface area (Å²) in [4.78, 5) is 24.8. The molecule has 0 aliphatic heterocycles. The number of furan rings is 1. The number of anilines is 1. The summed E-state index contributed by atoms with van der Waals surface area (Å²) in [6.07, 6.45) is 0.467. The second kappa shape index (κ2) is 9.09. The summed E-state index contributed by atoms with van der Waals surface area (Å²) in [7, 11) is 3.04. The van der Waals surface area contributed by atoms with Crippen LogP contribution in [-0.2, 0) is 20.7 Å². The van der Waals surface area contributed by atoms with Gasteiger partial charge in [0.25, 0.3) is 5.91 Å². The molecule has 3 aromatic rings. The van der Waals surface area contributed by atoms with Crippen LogP contribution < -0.4 is 14.8 Å². The molecular weight excluding hydrogens is 410 g/mol. The zero-order chi connectivity index (χ0) is 21.8. The minimum absolute atomic E-state index is 0.0275. The number of carbonyl (C=O) groups is 2. The Labute approximate surface area is 178 Å². The van der Waals surface area contributed by atoms with E-state index in [0.717, 1.165) is 10.9 Å². The maximum atomic E-state index is 12.5. The summed E-state index contributed by atoms with van der Waals surface area (Å²) in [6, 6.07) is 8.64. The lowest BCUT2D eigenvalue weighted by Gasteiger charge is -2.16. The van der Waals surface area contributed by atoms with E-state index < -0.39 is 18.0 Å². The summed E-state index contributed by atoms with van der Waals surface area (Å²) >= 11 is 6.08. The van der Waals surface area contributed by atoms with Crippen molar-refractivity contribution in [3.63, 3.8) is 0 Å². The third-order valence-corrected chi connectivity index (χ3v) is 5.02. The van der Waals surface area contributed by atoms with Gasteiger partial charge in [0.2, 0.25) is 0 Å². The molecule has 1 unspecified atom stereocenters. The van der Waals surface area contributed by atoms with E-state index in [1.807, 2.05) is 13.0 Å². The van der Waals surface area contributed by atoms with E-state index in [1.165, 1.54) is 20.3 Å². The van der Waals surface area contributed by atoms with Gasteiger partial charge in [-0.05, 0) is 37.6 Å². The Bertz CT molecular complexity index is 1090. The van der Waals surface area contributed by atoms with Crippen LogP contribution in [0.2, 0.25) is 5.02 Å². The molecule has 3 rings (SSSR count). The number of ether oxygens (including phenoxy) is 3. The van der Waals surface area contributed by atoms with Crippen molar-refractivity contribution in [2.45, 2.75) is 26.4 Å². The zero-order valence-electron chi connectivity index (χ0n) is 17.1. The Morgan fingerprint density at radius 1 is 1.17 bits per heavy atom. The molecule has 0 bridgehead atoms. The smallest absolute Gasteiger partial charge is 0.311 e. The highest BCUT2D eigenvalue weighted by Crippen LogP contribution is 2.31. The highest BCUT2D eigenvalue weighted by atomic mass is 35.5. The van der Waals surface area contributed by atoms with Crippen LogP contribution in [0.3, 0.4) is 0 Å². The molecule has 158 valence electrons. The molecule has 2 aromatic carbocycles. The Kier molecular flexibility index (Phi) is 6.52. The summed E-state index contributed by atoms with van der Waals surface area (Å²) in [5.74, 6) is 0.0440. The van der Waals surface area contributed by atoms with Crippen molar-refractivity contribution in [2.24, 2.45) is 0 Å². The molecule has 0 fully saturated rings. The standard InChI is InChI=1S/C22H22ClNO6/c1-12-7-18(20(28-4)10-17(12)23)24-22(26)13(2)30-21(25)8-14-11-29-19-9-15(27-3)5-6-16(14)19/h5-7,9-11,13H,8H2,1-4H3,(H,24,26). The van der Waals surface area contributed by atoms with Gasteiger partial charge in [0.15, 0.2) is 6.10 Å². The Balaban J connectivity index is 1.64. The number of nitrogens with one attached hydrogen (secondary N) is 1. The molecule has 8 heteroatoms. The number of aryl methyl sites for hydroxylation is 1. The molecule has 0 radical (unpaired) electrons. The molecule has 0 aliphatic carbocycles. The van der Waals surface area contributed by atoms with Crippen LogP contribution in [0.5, 0.6) is 11.5 Å². The molecule has 1 atom stereocenters. The van der Waals surface area contributed by atoms with Crippen molar-refractivity contribution in [1.82, 2.24) is 0 Å². The molecule has 0 saturated carbocycles. The molecule has 7 nitrogen and oxygen atoms in total. The molecule has 1 aromatic heterocycles. The van der Waals surface area contributed by atoms with E-state index in [0.29, 0.717) is 33.4 Å². The van der Waals surface area contributed by atoms with Gasteiger partial charge in [0, 0.05) is 28.1 Å². The van der Waals surface area contributed by atoms with Gasteiger partial charge in [-0.25, -0.2) is 0 Å². The topological polar surface area (TPSA) is 87.0 Å². The minimum atomic E-state index is -1.00. The van der Waals surface area contributed by atoms with E-state index in [1.54, 1.807) is 31.4 Å². The van der Waals surface area contributed by atoms with Crippen molar-refractivity contribution in [2.75, 3.05) is 19.5 Å². The van der Waals surface area contributed by atoms with E-state index in [2.05, 4.69) is 5.32 Å². The number of carbonyl (C=O) groups excluding carboxylic acids is 2. The van der Waals surface area contributed by atoms with Crippen molar-refractivity contribution < 1.29 is 28.2 Å². The number of esters is 1. The largest absolute Gasteiger partial charge is 0.497 e. The number of hydrogen-bond acceptors (Lipinski definition) is 6. The van der Waals surface area contributed by atoms with Gasteiger partial charge < -0.3 is 23.9 Å². The molecule has 0 spiro atoms. The molecule has 0 saturated heterocycles. The van der Waals surface area contributed by atoms with Crippen LogP contribution in [0.15, 0.2) is 41.0 Å². The number of benzene rings is 2. The van der Waals surface area contributed by atoms with Gasteiger partial charge in [-0.15, -0.1) is 0 Å². The summed E-state index contributed by atoms with van der Waals surface area (Å²) in [5, 5.41) is 4.01. The second-order valence-electron chi connectivity index (χ2n) is 6.72. The number of rotatable bonds is 7. The van der Waals surface area contributed by atoms with Crippen LogP contribution in [-0.4, -0.2) is 32.2 Å². The number of methoxy groups -OCH3 is 2. The Hall–Kier alpha value is -3.19. The fourth-order valence-electron chi connectivity index (χ4n) is 2.94. The van der Waals surface area contributed by atoms with Gasteiger partial charge in [-0.1, -0.05) is 11.6 Å². The van der Waals surface area contributed by atoms with Crippen LogP contribution in [0, 0.1) is 6.92 Å². The van der Waals surface area contributed by atoms with Crippen LogP contribution in [0.4, 0.5) is 5.69 Å². The van der Waals surface area contributed by atoms with E-state index in [9.17, 15) is 9.59 Å². The summed E-state index contributed by atoms with van der Waals surface area (Å²) in [5.41, 5.74) is 2.50. The predicted octanol–water partition coefficient (Wildman–Crippen LogP) is 4.52. The van der Waals surface area contributed by atoms with Crippen molar-refractivity contribution in [1.29, 1.82) is 0 Å². The van der Waals surface area contributed by atoms with Gasteiger partial charge in [-0.2, -0.15) is 0 Å². The van der Waals surface area contributed by atoms with Crippen molar-refractivity contribution in [3.05, 3.63) is 52.7 Å². The van der Waals surface area contributed by atoms with E-state index >= 15 is 0 Å². The van der Waals surface area contributed by atoms with Crippen LogP contribution in [0.25, 0.3) is 11.0 Å². The number of fused-ring (bicyclic) bond motifs is 1. The van der Waals surface area contributed by atoms with Crippen molar-refractivity contribution >= 4 is 40.1 Å². The fourth-order valence-corrected chi connectivity index (χ4v) is 3.09. The minimum Gasteiger partial charge on any atom is -0.497 e. The third-order valence-electron chi connectivity index (χ3n) is 4.61. The quantitative estimate of drug-likeness (QED) is 0.553. The normalized spacial score (nSPS) is 11.8. The SMILES string of the molecule is COc1ccc2c(CC(=O)OC(C)C(=O)Nc3cc(C)c(Cl)cc3OC)coc2c1. The van der Waals surface area contributed by atoms with Gasteiger partial charge >= 0.3 is 5.97 Å². The van der Waals surface area contributed by atoms with E-state index in [4.69, 9.17) is 30.2 Å². The zero-order valence-corrected chi connectivity index (χ0v) is 17.8. The van der Waals surface area contributed by atoms with Gasteiger partial charge in [-0.3, -0.25) is 9.59 Å². The monoisotopic (exact) mass is 431 g/mol. The highest BCUT2D eigenvalue weighted by molar-refractivity contribution is 6.31. The summed E-state index contributed by atoms with van der Waals surface area (Å²) in [6.45, 7) is 3.31. The highest BCUT2D eigenvalue weighted by Gasteiger charge is 2.21. The first-order chi connectivity index (χ1) is 14.3. The lowest BCUT2D eigenvalue weighted by Crippen LogP contribution is -2.30. The maximum absolute atomic E-state index is 12.5. The molecule has 1 heterocycles. The lowest BCUT2D eigenvalue weighted by atomic mass is 10.1. The lowest BCUT2D eigenvalue weighted by molar-refractivity contribution is -0.152. The molecule has 0 aliphatic rings. The molecule has 30 heavy (non-hydrogen) atoms. The number of amides is 1. The van der Waals surface area contributed by atoms with Crippen LogP contribution >= 0.6 is 11.6 Å². The fraction of sp³-hybridized carbons (Fsp3) is 0.273. The molecule has 1 N–H and O–H groups in total. The van der Waals surface area contributed by atoms with Gasteiger partial charge in [0.1, 0.15) is 17.1 Å². The maximum Gasteiger partial charge on any atom is 0.311 e. The summed E-state index contributed by atoms with van der Waals surface area (Å²) < 4.78 is 21.2. The van der Waals surface area contributed by atoms with Crippen molar-refractivity contribution in [3.8, 4) is 11.5 Å². The first-order valence-electron chi connectivity index (χ1n) is 9.21. The average Bonchev–Trinajstić information content (AvgIpc) is 3.11. The molecular formula is C22H22ClNO6. The average molecular weight is 432 g/mol. The third kappa shape index (κ3) is 4.68. The number of hydrogen-bond donors (Lipinski definition) is 1. The van der Waals surface area contributed by atoms with Gasteiger partial charge in [0.05, 0.1) is 32.6 Å². The first kappa shape index (κ1) is 21.5. The first-order valence-corrected chi connectivity index (χ1v) is 9.58. The predicted molar refractivity (Wildman–Crippen MR) is 113 cm³/mol. The van der Waals surface area contributed by atoms with Crippen LogP contribution in [0.1, 0.15) is 18.1 Å². The van der Waals surface area contributed by atoms with E-state index in [-0.39, 0.29) is 6.42 Å².